The van der Waals surface area contributed by atoms with Gasteiger partial charge in [0, 0.05) is 54.3 Å². The minimum atomic E-state index is 0.0446. The number of thioether (sulfide) groups is 1. The van der Waals surface area contributed by atoms with Crippen LogP contribution in [0.2, 0.25) is 0 Å². The highest BCUT2D eigenvalue weighted by atomic mass is 32.2. The monoisotopic (exact) mass is 418 g/mol. The Morgan fingerprint density at radius 1 is 1.18 bits per heavy atom. The van der Waals surface area contributed by atoms with Gasteiger partial charge in [-0.15, -0.1) is 23.1 Å². The van der Waals surface area contributed by atoms with Crippen molar-refractivity contribution in [1.29, 1.82) is 0 Å². The number of carbonyl (C=O) groups is 2. The van der Waals surface area contributed by atoms with Gasteiger partial charge in [0.2, 0.25) is 5.91 Å². The summed E-state index contributed by atoms with van der Waals surface area (Å²) in [6, 6.07) is 7.81. The Kier molecular flexibility index (Phi) is 7.47. The predicted molar refractivity (Wildman–Crippen MR) is 114 cm³/mol. The van der Waals surface area contributed by atoms with Crippen LogP contribution in [0, 0.1) is 6.92 Å². The summed E-state index contributed by atoms with van der Waals surface area (Å²) in [7, 11) is 0. The molecule has 2 amide bonds. The van der Waals surface area contributed by atoms with Crippen molar-refractivity contribution in [2.75, 3.05) is 39.3 Å². The van der Waals surface area contributed by atoms with Crippen LogP contribution in [0.25, 0.3) is 0 Å². The zero-order valence-corrected chi connectivity index (χ0v) is 17.9. The number of aromatic nitrogens is 1. The Bertz CT molecular complexity index is 799. The van der Waals surface area contributed by atoms with E-state index in [1.54, 1.807) is 23.1 Å². The molecule has 2 aromatic rings. The third kappa shape index (κ3) is 5.80. The highest BCUT2D eigenvalue weighted by molar-refractivity contribution is 7.98. The molecule has 2 heterocycles. The van der Waals surface area contributed by atoms with Gasteiger partial charge < -0.3 is 10.2 Å². The minimum absolute atomic E-state index is 0.0446. The topological polar surface area (TPSA) is 65.5 Å². The first kappa shape index (κ1) is 20.8. The maximum absolute atomic E-state index is 12.7. The van der Waals surface area contributed by atoms with Gasteiger partial charge in [-0.2, -0.15) is 0 Å². The molecule has 1 aromatic heterocycles. The molecule has 6 nitrogen and oxygen atoms in total. The highest BCUT2D eigenvalue weighted by Gasteiger charge is 2.23. The number of aryl methyl sites for hydroxylation is 1. The molecule has 28 heavy (non-hydrogen) atoms. The molecule has 1 saturated heterocycles. The van der Waals surface area contributed by atoms with Crippen LogP contribution in [0.4, 0.5) is 0 Å². The average Bonchev–Trinajstić information content (AvgIpc) is 3.12. The van der Waals surface area contributed by atoms with E-state index in [0.717, 1.165) is 34.4 Å². The van der Waals surface area contributed by atoms with Gasteiger partial charge in [0.1, 0.15) is 0 Å². The van der Waals surface area contributed by atoms with Gasteiger partial charge in [0.15, 0.2) is 0 Å². The number of nitrogens with one attached hydrogen (secondary N) is 1. The summed E-state index contributed by atoms with van der Waals surface area (Å²) < 4.78 is 0. The molecule has 0 atom stereocenters. The molecule has 1 fully saturated rings. The van der Waals surface area contributed by atoms with Crippen molar-refractivity contribution in [3.63, 3.8) is 0 Å². The van der Waals surface area contributed by atoms with Crippen molar-refractivity contribution in [3.05, 3.63) is 45.9 Å². The second-order valence-electron chi connectivity index (χ2n) is 6.69. The van der Waals surface area contributed by atoms with Crippen LogP contribution in [0.15, 0.2) is 34.5 Å². The van der Waals surface area contributed by atoms with Crippen LogP contribution in [-0.2, 0) is 10.5 Å². The first-order chi connectivity index (χ1) is 13.5. The largest absolute Gasteiger partial charge is 0.355 e. The smallest absolute Gasteiger partial charge is 0.253 e. The Labute approximate surface area is 174 Å². The van der Waals surface area contributed by atoms with E-state index in [-0.39, 0.29) is 11.8 Å². The van der Waals surface area contributed by atoms with E-state index in [9.17, 15) is 9.59 Å². The molecule has 1 aromatic carbocycles. The van der Waals surface area contributed by atoms with Crippen LogP contribution in [0.1, 0.15) is 28.0 Å². The molecular formula is C20H26N4O2S2. The third-order valence-corrected chi connectivity index (χ3v) is 6.42. The van der Waals surface area contributed by atoms with Crippen molar-refractivity contribution < 1.29 is 9.59 Å². The second-order valence-corrected chi connectivity index (χ2v) is 8.80. The van der Waals surface area contributed by atoms with Crippen LogP contribution in [-0.4, -0.2) is 65.9 Å². The fraction of sp³-hybridized carbons (Fsp3) is 0.450. The number of likely N-dealkylation sites (N-methyl/N-ethyl adjacent to an activating group) is 1. The maximum Gasteiger partial charge on any atom is 0.253 e. The number of hydrogen-bond donors (Lipinski definition) is 1. The minimum Gasteiger partial charge on any atom is -0.355 e. The second kappa shape index (κ2) is 10.0. The summed E-state index contributed by atoms with van der Waals surface area (Å²) in [4.78, 5) is 34.0. The summed E-state index contributed by atoms with van der Waals surface area (Å²) in [6.45, 7) is 7.73. The normalized spacial score (nSPS) is 14.9. The SMILES string of the molecule is CCNC(=O)CN1CCN(C(=O)c2ccc(SCc3csc(C)n3)cc2)CC1. The van der Waals surface area contributed by atoms with E-state index in [0.29, 0.717) is 31.7 Å². The Morgan fingerprint density at radius 2 is 1.89 bits per heavy atom. The fourth-order valence-corrected chi connectivity index (χ4v) is 4.58. The number of carbonyl (C=O) groups excluding carboxylic acids is 2. The van der Waals surface area contributed by atoms with E-state index in [4.69, 9.17) is 0 Å². The lowest BCUT2D eigenvalue weighted by Gasteiger charge is -2.34. The lowest BCUT2D eigenvalue weighted by Crippen LogP contribution is -2.51. The molecule has 0 saturated carbocycles. The van der Waals surface area contributed by atoms with Crippen molar-refractivity contribution in [2.24, 2.45) is 0 Å². The number of rotatable bonds is 7. The first-order valence-electron chi connectivity index (χ1n) is 9.47. The number of thiazole rings is 1. The Morgan fingerprint density at radius 3 is 2.50 bits per heavy atom. The van der Waals surface area contributed by atoms with Gasteiger partial charge in [-0.05, 0) is 38.1 Å². The van der Waals surface area contributed by atoms with Crippen molar-refractivity contribution in [3.8, 4) is 0 Å². The van der Waals surface area contributed by atoms with E-state index < -0.39 is 0 Å². The van der Waals surface area contributed by atoms with E-state index >= 15 is 0 Å². The van der Waals surface area contributed by atoms with E-state index in [1.165, 1.54) is 0 Å². The highest BCUT2D eigenvalue weighted by Crippen LogP contribution is 2.24. The van der Waals surface area contributed by atoms with Crippen LogP contribution in [0.5, 0.6) is 0 Å². The van der Waals surface area contributed by atoms with Gasteiger partial charge in [0.05, 0.1) is 17.2 Å². The van der Waals surface area contributed by atoms with E-state index in [2.05, 4.69) is 20.6 Å². The quantitative estimate of drug-likeness (QED) is 0.701. The molecule has 0 unspecified atom stereocenters. The maximum atomic E-state index is 12.7. The Hall–Kier alpha value is -1.90. The van der Waals surface area contributed by atoms with E-state index in [1.807, 2.05) is 43.0 Å². The first-order valence-corrected chi connectivity index (χ1v) is 11.3. The molecule has 150 valence electrons. The summed E-state index contributed by atoms with van der Waals surface area (Å²) >= 11 is 3.39. The van der Waals surface area contributed by atoms with Gasteiger partial charge in [-0.25, -0.2) is 4.98 Å². The molecule has 8 heteroatoms. The number of benzene rings is 1. The Balaban J connectivity index is 1.47. The standard InChI is InChI=1S/C20H26N4O2S2/c1-3-21-19(25)12-23-8-10-24(11-9-23)20(26)16-4-6-18(7-5-16)28-14-17-13-27-15(2)22-17/h4-7,13H,3,8-12,14H2,1-2H3,(H,21,25). The van der Waals surface area contributed by atoms with Gasteiger partial charge in [-0.3, -0.25) is 14.5 Å². The van der Waals surface area contributed by atoms with Crippen molar-refractivity contribution in [2.45, 2.75) is 24.5 Å². The predicted octanol–water partition coefficient (Wildman–Crippen LogP) is 2.64. The lowest BCUT2D eigenvalue weighted by molar-refractivity contribution is -0.122. The molecule has 0 bridgehead atoms. The molecule has 3 rings (SSSR count). The van der Waals surface area contributed by atoms with Gasteiger partial charge >= 0.3 is 0 Å². The summed E-state index contributed by atoms with van der Waals surface area (Å²) in [5, 5.41) is 5.99. The third-order valence-electron chi connectivity index (χ3n) is 4.56. The molecular weight excluding hydrogens is 392 g/mol. The molecule has 1 N–H and O–H groups in total. The number of nitrogens with zero attached hydrogens (tertiary/aromatic N) is 3. The fourth-order valence-electron chi connectivity index (χ4n) is 3.07. The van der Waals surface area contributed by atoms with Gasteiger partial charge in [0.25, 0.3) is 5.91 Å². The van der Waals surface area contributed by atoms with Crippen molar-refractivity contribution >= 4 is 34.9 Å². The summed E-state index contributed by atoms with van der Waals surface area (Å²) in [6.07, 6.45) is 0. The molecule has 0 spiro atoms. The average molecular weight is 419 g/mol. The zero-order chi connectivity index (χ0) is 19.9. The number of hydrogen-bond acceptors (Lipinski definition) is 6. The van der Waals surface area contributed by atoms with Crippen LogP contribution < -0.4 is 5.32 Å². The molecule has 1 aliphatic heterocycles. The summed E-state index contributed by atoms with van der Waals surface area (Å²) in [5.74, 6) is 0.943. The summed E-state index contributed by atoms with van der Waals surface area (Å²) in [5.41, 5.74) is 1.81. The molecule has 1 aliphatic rings. The van der Waals surface area contributed by atoms with Crippen LogP contribution >= 0.6 is 23.1 Å². The van der Waals surface area contributed by atoms with Crippen molar-refractivity contribution in [1.82, 2.24) is 20.1 Å². The molecule has 0 radical (unpaired) electrons. The van der Waals surface area contributed by atoms with Crippen LogP contribution in [0.3, 0.4) is 0 Å². The lowest BCUT2D eigenvalue weighted by atomic mass is 10.2. The molecule has 0 aliphatic carbocycles. The van der Waals surface area contributed by atoms with Gasteiger partial charge in [-0.1, -0.05) is 0 Å². The number of piperazine rings is 1. The zero-order valence-electron chi connectivity index (χ0n) is 16.3. The number of amides is 2.